The molecule has 1 fully saturated rings. The molecule has 0 spiro atoms. The van der Waals surface area contributed by atoms with E-state index >= 15 is 0 Å². The van der Waals surface area contributed by atoms with E-state index < -0.39 is 10.0 Å². The van der Waals surface area contributed by atoms with Gasteiger partial charge in [0.1, 0.15) is 4.90 Å². The molecule has 114 valence electrons. The number of aryl methyl sites for hydroxylation is 1. The van der Waals surface area contributed by atoms with Gasteiger partial charge in [-0.3, -0.25) is 4.68 Å². The fraction of sp³-hybridized carbons (Fsp3) is 0.769. The van der Waals surface area contributed by atoms with Crippen LogP contribution in [-0.2, 0) is 16.6 Å². The number of rotatable bonds is 4. The van der Waals surface area contributed by atoms with Crippen LogP contribution in [0.25, 0.3) is 0 Å². The quantitative estimate of drug-likeness (QED) is 0.897. The standard InChI is InChI=1S/C13H23N3O3S/c1-9-7-10(2)16(8-9)20(18,19)13-11(3)14-15(5-6-17)12(13)4/h9-10,17H,5-8H2,1-4H3. The van der Waals surface area contributed by atoms with Crippen LogP contribution in [-0.4, -0.2) is 46.8 Å². The lowest BCUT2D eigenvalue weighted by atomic mass is 10.1. The summed E-state index contributed by atoms with van der Waals surface area (Å²) in [6.45, 7) is 8.29. The van der Waals surface area contributed by atoms with Crippen molar-refractivity contribution < 1.29 is 13.5 Å². The van der Waals surface area contributed by atoms with Crippen LogP contribution in [0.3, 0.4) is 0 Å². The predicted octanol–water partition coefficient (Wildman–Crippen LogP) is 0.911. The smallest absolute Gasteiger partial charge is 0.246 e. The van der Waals surface area contributed by atoms with E-state index in [0.29, 0.717) is 35.3 Å². The predicted molar refractivity (Wildman–Crippen MR) is 75.9 cm³/mol. The van der Waals surface area contributed by atoms with Crippen molar-refractivity contribution in [2.45, 2.75) is 51.6 Å². The Morgan fingerprint density at radius 2 is 2.00 bits per heavy atom. The molecule has 2 atom stereocenters. The van der Waals surface area contributed by atoms with Gasteiger partial charge in [-0.15, -0.1) is 0 Å². The third-order valence-corrected chi connectivity index (χ3v) is 6.15. The van der Waals surface area contributed by atoms with Gasteiger partial charge in [-0.05, 0) is 33.1 Å². The first-order chi connectivity index (χ1) is 9.28. The van der Waals surface area contributed by atoms with E-state index in [-0.39, 0.29) is 12.6 Å². The van der Waals surface area contributed by atoms with Gasteiger partial charge in [-0.25, -0.2) is 8.42 Å². The van der Waals surface area contributed by atoms with Gasteiger partial charge in [-0.2, -0.15) is 9.40 Å². The van der Waals surface area contributed by atoms with E-state index in [1.54, 1.807) is 22.8 Å². The Hall–Kier alpha value is -0.920. The summed E-state index contributed by atoms with van der Waals surface area (Å²) in [5.74, 6) is 0.382. The summed E-state index contributed by atoms with van der Waals surface area (Å²) in [4.78, 5) is 0.298. The Morgan fingerprint density at radius 3 is 2.50 bits per heavy atom. The molecular weight excluding hydrogens is 278 g/mol. The van der Waals surface area contributed by atoms with Crippen LogP contribution >= 0.6 is 0 Å². The van der Waals surface area contributed by atoms with Crippen molar-refractivity contribution in [3.8, 4) is 0 Å². The average Bonchev–Trinajstić information content (AvgIpc) is 2.81. The first-order valence-corrected chi connectivity index (χ1v) is 8.39. The molecule has 0 bridgehead atoms. The topological polar surface area (TPSA) is 75.4 Å². The van der Waals surface area contributed by atoms with Crippen LogP contribution in [0.2, 0.25) is 0 Å². The first-order valence-electron chi connectivity index (χ1n) is 6.95. The monoisotopic (exact) mass is 301 g/mol. The summed E-state index contributed by atoms with van der Waals surface area (Å²) >= 11 is 0. The maximum absolute atomic E-state index is 12.9. The lowest BCUT2D eigenvalue weighted by Gasteiger charge is -2.21. The fourth-order valence-electron chi connectivity index (χ4n) is 3.08. The maximum atomic E-state index is 12.9. The number of hydrogen-bond acceptors (Lipinski definition) is 4. The molecule has 1 N–H and O–H groups in total. The Kier molecular flexibility index (Phi) is 4.22. The molecule has 0 radical (unpaired) electrons. The molecule has 20 heavy (non-hydrogen) atoms. The Bertz CT molecular complexity index is 594. The molecule has 2 rings (SSSR count). The van der Waals surface area contributed by atoms with Gasteiger partial charge in [0.05, 0.1) is 24.5 Å². The highest BCUT2D eigenvalue weighted by molar-refractivity contribution is 7.89. The summed E-state index contributed by atoms with van der Waals surface area (Å²) in [5.41, 5.74) is 1.10. The van der Waals surface area contributed by atoms with E-state index in [0.717, 1.165) is 6.42 Å². The molecule has 0 aromatic carbocycles. The van der Waals surface area contributed by atoms with Gasteiger partial charge in [0.2, 0.25) is 10.0 Å². The average molecular weight is 301 g/mol. The lowest BCUT2D eigenvalue weighted by Crippen LogP contribution is -2.34. The third kappa shape index (κ3) is 2.49. The number of hydrogen-bond donors (Lipinski definition) is 1. The normalized spacial score (nSPS) is 24.4. The Labute approximate surface area is 120 Å². The molecule has 7 heteroatoms. The molecule has 2 heterocycles. The Balaban J connectivity index is 2.45. The second kappa shape index (κ2) is 5.46. The molecule has 0 saturated carbocycles. The van der Waals surface area contributed by atoms with Gasteiger partial charge >= 0.3 is 0 Å². The van der Waals surface area contributed by atoms with Crippen LogP contribution in [0.1, 0.15) is 31.7 Å². The molecule has 1 aromatic heterocycles. The summed E-state index contributed by atoms with van der Waals surface area (Å²) in [7, 11) is -3.51. The number of sulfonamides is 1. The van der Waals surface area contributed by atoms with Gasteiger partial charge in [0.15, 0.2) is 0 Å². The maximum Gasteiger partial charge on any atom is 0.246 e. The minimum atomic E-state index is -3.51. The van der Waals surface area contributed by atoms with Crippen molar-refractivity contribution in [2.75, 3.05) is 13.2 Å². The molecule has 1 aliphatic rings. The van der Waals surface area contributed by atoms with Crippen LogP contribution < -0.4 is 0 Å². The molecule has 1 aliphatic heterocycles. The van der Waals surface area contributed by atoms with E-state index in [1.165, 1.54) is 0 Å². The van der Waals surface area contributed by atoms with E-state index in [2.05, 4.69) is 12.0 Å². The van der Waals surface area contributed by atoms with Gasteiger partial charge in [0.25, 0.3) is 0 Å². The Morgan fingerprint density at radius 1 is 1.35 bits per heavy atom. The van der Waals surface area contributed by atoms with Crippen LogP contribution in [0.4, 0.5) is 0 Å². The molecular formula is C13H23N3O3S. The van der Waals surface area contributed by atoms with E-state index in [1.807, 2.05) is 6.92 Å². The second-order valence-corrected chi connectivity index (χ2v) is 7.54. The molecule has 6 nitrogen and oxygen atoms in total. The zero-order chi connectivity index (χ0) is 15.1. The summed E-state index contributed by atoms with van der Waals surface area (Å²) in [5, 5.41) is 13.2. The van der Waals surface area contributed by atoms with Gasteiger partial charge in [-0.1, -0.05) is 6.92 Å². The summed E-state index contributed by atoms with van der Waals surface area (Å²) in [6.07, 6.45) is 0.891. The largest absolute Gasteiger partial charge is 0.394 e. The number of nitrogens with zero attached hydrogens (tertiary/aromatic N) is 3. The highest BCUT2D eigenvalue weighted by Gasteiger charge is 2.38. The summed E-state index contributed by atoms with van der Waals surface area (Å²) < 4.78 is 28.9. The highest BCUT2D eigenvalue weighted by atomic mass is 32.2. The highest BCUT2D eigenvalue weighted by Crippen LogP contribution is 2.31. The SMILES string of the molecule is Cc1nn(CCO)c(C)c1S(=O)(=O)N1CC(C)CC1C. The molecule has 2 unspecified atom stereocenters. The van der Waals surface area contributed by atoms with Crippen molar-refractivity contribution in [3.05, 3.63) is 11.4 Å². The number of aliphatic hydroxyl groups excluding tert-OH is 1. The number of aliphatic hydroxyl groups is 1. The van der Waals surface area contributed by atoms with Crippen molar-refractivity contribution in [1.82, 2.24) is 14.1 Å². The zero-order valence-corrected chi connectivity index (χ0v) is 13.3. The summed E-state index contributed by atoms with van der Waals surface area (Å²) in [6, 6.07) is 0.0231. The van der Waals surface area contributed by atoms with Crippen LogP contribution in [0.5, 0.6) is 0 Å². The molecule has 0 aliphatic carbocycles. The van der Waals surface area contributed by atoms with Crippen LogP contribution in [0, 0.1) is 19.8 Å². The second-order valence-electron chi connectivity index (χ2n) is 5.71. The number of aromatic nitrogens is 2. The third-order valence-electron chi connectivity index (χ3n) is 3.92. The van der Waals surface area contributed by atoms with Crippen molar-refractivity contribution in [1.29, 1.82) is 0 Å². The van der Waals surface area contributed by atoms with Crippen molar-refractivity contribution >= 4 is 10.0 Å². The van der Waals surface area contributed by atoms with Crippen molar-refractivity contribution in [2.24, 2.45) is 5.92 Å². The molecule has 0 amide bonds. The lowest BCUT2D eigenvalue weighted by molar-refractivity contribution is 0.267. The molecule has 1 aromatic rings. The zero-order valence-electron chi connectivity index (χ0n) is 12.5. The van der Waals surface area contributed by atoms with E-state index in [4.69, 9.17) is 5.11 Å². The van der Waals surface area contributed by atoms with Gasteiger partial charge in [0, 0.05) is 12.6 Å². The van der Waals surface area contributed by atoms with E-state index in [9.17, 15) is 8.42 Å². The fourth-order valence-corrected chi connectivity index (χ4v) is 5.22. The molecule has 1 saturated heterocycles. The minimum absolute atomic E-state index is 0.0231. The van der Waals surface area contributed by atoms with Gasteiger partial charge < -0.3 is 5.11 Å². The minimum Gasteiger partial charge on any atom is -0.394 e. The first kappa shape index (κ1) is 15.5. The van der Waals surface area contributed by atoms with Crippen molar-refractivity contribution in [3.63, 3.8) is 0 Å². The van der Waals surface area contributed by atoms with Crippen LogP contribution in [0.15, 0.2) is 4.90 Å².